The van der Waals surface area contributed by atoms with Gasteiger partial charge in [-0.25, -0.2) is 12.8 Å². The highest BCUT2D eigenvalue weighted by atomic mass is 32.2. The molecule has 2 saturated carbocycles. The van der Waals surface area contributed by atoms with E-state index in [-0.39, 0.29) is 35.6 Å². The number of aliphatic hydroxyl groups is 1. The summed E-state index contributed by atoms with van der Waals surface area (Å²) in [6.45, 7) is 1.63. The first kappa shape index (κ1) is 34.0. The van der Waals surface area contributed by atoms with E-state index in [0.717, 1.165) is 24.3 Å². The number of amides is 2. The molecule has 246 valence electrons. The van der Waals surface area contributed by atoms with E-state index >= 15 is 0 Å². The van der Waals surface area contributed by atoms with Gasteiger partial charge in [-0.1, -0.05) is 6.07 Å². The summed E-state index contributed by atoms with van der Waals surface area (Å²) >= 11 is 0. The van der Waals surface area contributed by atoms with Crippen molar-refractivity contribution >= 4 is 33.3 Å². The lowest BCUT2D eigenvalue weighted by Gasteiger charge is -2.34. The van der Waals surface area contributed by atoms with Crippen molar-refractivity contribution in [2.24, 2.45) is 11.3 Å². The minimum absolute atomic E-state index is 0.0738. The number of carbonyl (C=O) groups excluding carboxylic acids is 2. The summed E-state index contributed by atoms with van der Waals surface area (Å²) in [4.78, 5) is 36.9. The zero-order valence-electron chi connectivity index (χ0n) is 24.2. The highest BCUT2D eigenvalue weighted by molar-refractivity contribution is 7.92. The number of hydrogen-bond donors (Lipinski definition) is 4. The highest BCUT2D eigenvalue weighted by Crippen LogP contribution is 2.39. The number of aliphatic carboxylic acids is 1. The number of carboxylic acids is 1. The van der Waals surface area contributed by atoms with Crippen LogP contribution in [0.3, 0.4) is 0 Å². The molecule has 1 unspecified atom stereocenters. The number of carboxylic acid groups (broad SMARTS) is 1. The largest absolute Gasteiger partial charge is 0.501 e. The van der Waals surface area contributed by atoms with E-state index in [9.17, 15) is 50.6 Å². The van der Waals surface area contributed by atoms with Crippen molar-refractivity contribution in [2.75, 3.05) is 12.4 Å². The smallest absolute Gasteiger partial charge is 0.496 e. The lowest BCUT2D eigenvalue weighted by Crippen LogP contribution is -2.47. The number of ether oxygens (including phenoxy) is 2. The molecule has 2 fully saturated rings. The Bertz CT molecular complexity index is 1570. The van der Waals surface area contributed by atoms with Gasteiger partial charge in [0.1, 0.15) is 5.75 Å². The lowest BCUT2D eigenvalue weighted by molar-refractivity contribution is -0.150. The van der Waals surface area contributed by atoms with Crippen LogP contribution in [0, 0.1) is 17.2 Å². The maximum Gasteiger partial charge on any atom is 0.501 e. The molecule has 2 aliphatic carbocycles. The Balaban J connectivity index is 1.49. The maximum absolute atomic E-state index is 14.9. The third-order valence-corrected chi connectivity index (χ3v) is 9.80. The highest BCUT2D eigenvalue weighted by Gasteiger charge is 2.47. The number of benzene rings is 2. The van der Waals surface area contributed by atoms with Gasteiger partial charge >= 0.3 is 11.5 Å². The number of halogens is 4. The molecular formula is C29H32F4N2O9S. The number of aliphatic hydroxyl groups excluding tert-OH is 1. The van der Waals surface area contributed by atoms with Crippen molar-refractivity contribution in [1.29, 1.82) is 0 Å². The van der Waals surface area contributed by atoms with Crippen LogP contribution in [-0.2, 0) is 19.4 Å². The van der Waals surface area contributed by atoms with E-state index in [1.165, 1.54) is 13.2 Å². The van der Waals surface area contributed by atoms with E-state index in [4.69, 9.17) is 9.47 Å². The standard InChI is InChI=1S/C29H32F4N2O9S/c1-28(27(39)40)10-8-16(9-11-28)44-23-13-19(22(43-2)14-20(23)30)26(38)35-24-18(6-7-21(24)36)25(37)34-15-4-3-5-17(12-15)45(41,42)29(31,32)33/h3-5,12-14,16,18,21,24,36H,6-11H2,1-2H3,(H,34,37)(H,35,38)(H,39,40)/t16?,18?,21-,24-,28?/m1/s1. The van der Waals surface area contributed by atoms with E-state index in [1.54, 1.807) is 6.92 Å². The summed E-state index contributed by atoms with van der Waals surface area (Å²) in [6, 6.07) is 4.46. The molecule has 0 aliphatic heterocycles. The molecule has 0 saturated heterocycles. The van der Waals surface area contributed by atoms with E-state index in [2.05, 4.69) is 10.6 Å². The molecule has 16 heteroatoms. The minimum Gasteiger partial charge on any atom is -0.496 e. The van der Waals surface area contributed by atoms with Gasteiger partial charge in [0.2, 0.25) is 5.91 Å². The lowest BCUT2D eigenvalue weighted by atomic mass is 9.75. The van der Waals surface area contributed by atoms with E-state index < -0.39 is 73.4 Å². The molecule has 0 heterocycles. The first-order valence-corrected chi connectivity index (χ1v) is 15.4. The molecule has 2 amide bonds. The van der Waals surface area contributed by atoms with Crippen molar-refractivity contribution < 1.29 is 60.0 Å². The Morgan fingerprint density at radius 2 is 1.69 bits per heavy atom. The second-order valence-corrected chi connectivity index (χ2v) is 13.3. The Labute approximate surface area is 255 Å². The number of nitrogens with one attached hydrogen (secondary N) is 2. The fraction of sp³-hybridized carbons (Fsp3) is 0.483. The Kier molecular flexibility index (Phi) is 9.68. The molecule has 4 N–H and O–H groups in total. The second-order valence-electron chi connectivity index (χ2n) is 11.4. The number of sulfone groups is 1. The van der Waals surface area contributed by atoms with Crippen LogP contribution in [0.25, 0.3) is 0 Å². The molecule has 2 aromatic rings. The fourth-order valence-electron chi connectivity index (χ4n) is 5.52. The molecular weight excluding hydrogens is 628 g/mol. The topological polar surface area (TPSA) is 168 Å². The fourth-order valence-corrected chi connectivity index (χ4v) is 6.33. The number of hydrogen-bond acceptors (Lipinski definition) is 8. The van der Waals surface area contributed by atoms with Gasteiger partial charge in [-0.05, 0) is 69.7 Å². The third-order valence-electron chi connectivity index (χ3n) is 8.32. The molecule has 11 nitrogen and oxygen atoms in total. The minimum atomic E-state index is -5.67. The van der Waals surface area contributed by atoms with Gasteiger partial charge in [0.25, 0.3) is 15.7 Å². The average molecular weight is 661 g/mol. The van der Waals surface area contributed by atoms with Crippen LogP contribution < -0.4 is 20.1 Å². The zero-order valence-corrected chi connectivity index (χ0v) is 25.0. The van der Waals surface area contributed by atoms with Gasteiger partial charge < -0.3 is 30.3 Å². The van der Waals surface area contributed by atoms with Crippen LogP contribution in [0.1, 0.15) is 55.8 Å². The molecule has 2 aromatic carbocycles. The molecule has 0 spiro atoms. The summed E-state index contributed by atoms with van der Waals surface area (Å²) in [5.74, 6) is -4.92. The summed E-state index contributed by atoms with van der Waals surface area (Å²) in [5, 5.41) is 24.9. The SMILES string of the molecule is COc1cc(F)c(OC2CCC(C)(C(=O)O)CC2)cc1C(=O)N[C@@H]1C(C(=O)Nc2cccc(S(=O)(=O)C(F)(F)F)c2)CC[C@H]1O. The van der Waals surface area contributed by atoms with Gasteiger partial charge in [-0.3, -0.25) is 14.4 Å². The summed E-state index contributed by atoms with van der Waals surface area (Å²) < 4.78 is 88.4. The monoisotopic (exact) mass is 660 g/mol. The predicted octanol–water partition coefficient (Wildman–Crippen LogP) is 4.05. The van der Waals surface area contributed by atoms with Gasteiger partial charge in [0.15, 0.2) is 11.6 Å². The molecule has 0 radical (unpaired) electrons. The number of methoxy groups -OCH3 is 1. The van der Waals surface area contributed by atoms with Gasteiger partial charge in [0.05, 0.1) is 47.2 Å². The predicted molar refractivity (Wildman–Crippen MR) is 150 cm³/mol. The van der Waals surface area contributed by atoms with Crippen molar-refractivity contribution in [1.82, 2.24) is 5.32 Å². The summed E-state index contributed by atoms with van der Waals surface area (Å²) in [7, 11) is -4.47. The van der Waals surface area contributed by atoms with Crippen molar-refractivity contribution in [3.8, 4) is 11.5 Å². The average Bonchev–Trinajstić information content (AvgIpc) is 3.34. The third kappa shape index (κ3) is 7.16. The normalized spacial score (nSPS) is 25.3. The summed E-state index contributed by atoms with van der Waals surface area (Å²) in [5.41, 5.74) is -6.89. The molecule has 4 rings (SSSR count). The Morgan fingerprint density at radius 1 is 1.02 bits per heavy atom. The van der Waals surface area contributed by atoms with Crippen molar-refractivity contribution in [3.63, 3.8) is 0 Å². The number of carbonyl (C=O) groups is 3. The van der Waals surface area contributed by atoms with Crippen LogP contribution in [0.5, 0.6) is 11.5 Å². The van der Waals surface area contributed by atoms with E-state index in [1.807, 2.05) is 0 Å². The van der Waals surface area contributed by atoms with Crippen molar-refractivity contribution in [3.05, 3.63) is 47.8 Å². The zero-order chi connectivity index (χ0) is 33.3. The van der Waals surface area contributed by atoms with Gasteiger partial charge in [-0.2, -0.15) is 13.2 Å². The van der Waals surface area contributed by atoms with Crippen LogP contribution in [0.15, 0.2) is 41.3 Å². The number of alkyl halides is 3. The van der Waals surface area contributed by atoms with E-state index in [0.29, 0.717) is 31.7 Å². The Hall–Kier alpha value is -3.92. The van der Waals surface area contributed by atoms with Crippen LogP contribution >= 0.6 is 0 Å². The van der Waals surface area contributed by atoms with Crippen LogP contribution in [-0.4, -0.2) is 67.3 Å². The van der Waals surface area contributed by atoms with Crippen LogP contribution in [0.2, 0.25) is 0 Å². The number of anilines is 1. The van der Waals surface area contributed by atoms with Crippen molar-refractivity contribution in [2.45, 2.75) is 74.1 Å². The van der Waals surface area contributed by atoms with Gasteiger partial charge in [-0.15, -0.1) is 0 Å². The van der Waals surface area contributed by atoms with Gasteiger partial charge in [0, 0.05) is 11.8 Å². The molecule has 0 bridgehead atoms. The maximum atomic E-state index is 14.9. The quantitative estimate of drug-likeness (QED) is 0.290. The first-order valence-electron chi connectivity index (χ1n) is 14.0. The number of rotatable bonds is 9. The first-order chi connectivity index (χ1) is 21.0. The summed E-state index contributed by atoms with van der Waals surface area (Å²) in [6.07, 6.45) is -0.257. The molecule has 0 aromatic heterocycles. The molecule has 2 aliphatic rings. The molecule has 3 atom stereocenters. The molecule has 45 heavy (non-hydrogen) atoms. The van der Waals surface area contributed by atoms with Crippen LogP contribution in [0.4, 0.5) is 23.2 Å². The second kappa shape index (κ2) is 12.8. The Morgan fingerprint density at radius 3 is 2.29 bits per heavy atom.